The number of benzene rings is 1. The van der Waals surface area contributed by atoms with Crippen LogP contribution in [-0.4, -0.2) is 19.8 Å². The molecule has 2 rings (SSSR count). The minimum Gasteiger partial charge on any atom is -0.492 e. The van der Waals surface area contributed by atoms with Gasteiger partial charge in [0, 0.05) is 13.2 Å². The lowest BCUT2D eigenvalue weighted by molar-refractivity contribution is 0.183. The molecule has 0 spiro atoms. The fraction of sp³-hybridized carbons (Fsp3) is 0.625. The standard InChI is InChI=1S/C16H25NO2/c1-18-11-13-6-5-9-15(10-13)19-12-16(17)14-7-3-2-4-8-14/h5-6,9-10,14,16H,2-4,7-8,11-12,17H2,1H3. The first-order chi connectivity index (χ1) is 9.29. The molecular weight excluding hydrogens is 238 g/mol. The average Bonchev–Trinajstić information content (AvgIpc) is 2.46. The summed E-state index contributed by atoms with van der Waals surface area (Å²) in [4.78, 5) is 0. The van der Waals surface area contributed by atoms with Gasteiger partial charge in [-0.05, 0) is 36.5 Å². The van der Waals surface area contributed by atoms with Crippen molar-refractivity contribution in [2.75, 3.05) is 13.7 Å². The van der Waals surface area contributed by atoms with Crippen LogP contribution in [0.3, 0.4) is 0 Å². The molecule has 2 N–H and O–H groups in total. The number of nitrogens with two attached hydrogens (primary N) is 1. The Balaban J connectivity index is 1.82. The molecule has 1 saturated carbocycles. The van der Waals surface area contributed by atoms with Crippen molar-refractivity contribution in [1.82, 2.24) is 0 Å². The van der Waals surface area contributed by atoms with Gasteiger partial charge in [0.05, 0.1) is 6.61 Å². The Bertz CT molecular complexity index is 375. The minimum absolute atomic E-state index is 0.159. The van der Waals surface area contributed by atoms with E-state index in [1.165, 1.54) is 32.1 Å². The third-order valence-electron chi connectivity index (χ3n) is 3.91. The highest BCUT2D eigenvalue weighted by Crippen LogP contribution is 2.26. The van der Waals surface area contributed by atoms with Crippen LogP contribution >= 0.6 is 0 Å². The summed E-state index contributed by atoms with van der Waals surface area (Å²) in [6, 6.07) is 8.20. The molecule has 1 unspecified atom stereocenters. The molecule has 1 aliphatic carbocycles. The SMILES string of the molecule is COCc1cccc(OCC(N)C2CCCCC2)c1. The van der Waals surface area contributed by atoms with E-state index in [9.17, 15) is 0 Å². The number of methoxy groups -OCH3 is 1. The van der Waals surface area contributed by atoms with Gasteiger partial charge in [0.2, 0.25) is 0 Å². The topological polar surface area (TPSA) is 44.5 Å². The van der Waals surface area contributed by atoms with Gasteiger partial charge in [-0.15, -0.1) is 0 Å². The zero-order valence-electron chi connectivity index (χ0n) is 11.8. The Morgan fingerprint density at radius 3 is 2.79 bits per heavy atom. The maximum absolute atomic E-state index is 6.24. The highest BCUT2D eigenvalue weighted by molar-refractivity contribution is 5.28. The van der Waals surface area contributed by atoms with E-state index in [0.717, 1.165) is 11.3 Å². The van der Waals surface area contributed by atoms with E-state index in [0.29, 0.717) is 19.1 Å². The fourth-order valence-electron chi connectivity index (χ4n) is 2.78. The first-order valence-corrected chi connectivity index (χ1v) is 7.26. The summed E-state index contributed by atoms with van der Waals surface area (Å²) in [7, 11) is 1.70. The van der Waals surface area contributed by atoms with Crippen molar-refractivity contribution in [2.24, 2.45) is 11.7 Å². The zero-order valence-corrected chi connectivity index (χ0v) is 11.8. The Labute approximate surface area is 116 Å². The summed E-state index contributed by atoms with van der Waals surface area (Å²) < 4.78 is 11.0. The average molecular weight is 263 g/mol. The van der Waals surface area contributed by atoms with Crippen LogP contribution in [0.15, 0.2) is 24.3 Å². The molecule has 1 atom stereocenters. The molecular formula is C16H25NO2. The molecule has 1 aromatic rings. The second-order valence-electron chi connectivity index (χ2n) is 5.45. The zero-order chi connectivity index (χ0) is 13.5. The second kappa shape index (κ2) is 7.51. The summed E-state index contributed by atoms with van der Waals surface area (Å²) in [6.45, 7) is 1.23. The molecule has 3 nitrogen and oxygen atoms in total. The van der Waals surface area contributed by atoms with Crippen molar-refractivity contribution in [3.8, 4) is 5.75 Å². The van der Waals surface area contributed by atoms with Crippen LogP contribution in [0.5, 0.6) is 5.75 Å². The number of rotatable bonds is 6. The fourth-order valence-corrected chi connectivity index (χ4v) is 2.78. The Morgan fingerprint density at radius 1 is 1.26 bits per heavy atom. The first-order valence-electron chi connectivity index (χ1n) is 7.26. The molecule has 1 aliphatic rings. The van der Waals surface area contributed by atoms with Crippen molar-refractivity contribution in [2.45, 2.75) is 44.8 Å². The summed E-state index contributed by atoms with van der Waals surface area (Å²) in [6.07, 6.45) is 6.52. The number of ether oxygens (including phenoxy) is 2. The molecule has 0 bridgehead atoms. The van der Waals surface area contributed by atoms with Crippen LogP contribution in [-0.2, 0) is 11.3 Å². The highest BCUT2D eigenvalue weighted by atomic mass is 16.5. The number of hydrogen-bond acceptors (Lipinski definition) is 3. The van der Waals surface area contributed by atoms with Gasteiger partial charge in [-0.25, -0.2) is 0 Å². The molecule has 19 heavy (non-hydrogen) atoms. The predicted octanol–water partition coefficient (Wildman–Crippen LogP) is 3.12. The molecule has 0 aliphatic heterocycles. The van der Waals surface area contributed by atoms with E-state index in [-0.39, 0.29) is 6.04 Å². The number of hydrogen-bond donors (Lipinski definition) is 1. The van der Waals surface area contributed by atoms with Crippen LogP contribution in [0, 0.1) is 5.92 Å². The minimum atomic E-state index is 0.159. The van der Waals surface area contributed by atoms with Crippen molar-refractivity contribution in [3.05, 3.63) is 29.8 Å². The maximum Gasteiger partial charge on any atom is 0.119 e. The summed E-state index contributed by atoms with van der Waals surface area (Å²) in [5.41, 5.74) is 7.37. The van der Waals surface area contributed by atoms with Gasteiger partial charge in [-0.1, -0.05) is 31.4 Å². The van der Waals surface area contributed by atoms with Crippen LogP contribution in [0.4, 0.5) is 0 Å². The van der Waals surface area contributed by atoms with Gasteiger partial charge >= 0.3 is 0 Å². The molecule has 106 valence electrons. The summed E-state index contributed by atoms with van der Waals surface area (Å²) >= 11 is 0. The van der Waals surface area contributed by atoms with Crippen LogP contribution in [0.25, 0.3) is 0 Å². The highest BCUT2D eigenvalue weighted by Gasteiger charge is 2.20. The third-order valence-corrected chi connectivity index (χ3v) is 3.91. The van der Waals surface area contributed by atoms with Crippen LogP contribution in [0.2, 0.25) is 0 Å². The van der Waals surface area contributed by atoms with Crippen molar-refractivity contribution < 1.29 is 9.47 Å². The monoisotopic (exact) mass is 263 g/mol. The van der Waals surface area contributed by atoms with E-state index in [4.69, 9.17) is 15.2 Å². The van der Waals surface area contributed by atoms with Gasteiger partial charge < -0.3 is 15.2 Å². The maximum atomic E-state index is 6.24. The smallest absolute Gasteiger partial charge is 0.119 e. The van der Waals surface area contributed by atoms with Crippen molar-refractivity contribution in [1.29, 1.82) is 0 Å². The molecule has 3 heteroatoms. The van der Waals surface area contributed by atoms with Gasteiger partial charge in [-0.3, -0.25) is 0 Å². The Kier molecular flexibility index (Phi) is 5.67. The van der Waals surface area contributed by atoms with Crippen molar-refractivity contribution in [3.63, 3.8) is 0 Å². The van der Waals surface area contributed by atoms with E-state index in [1.54, 1.807) is 7.11 Å². The lowest BCUT2D eigenvalue weighted by atomic mass is 9.84. The molecule has 1 fully saturated rings. The Hall–Kier alpha value is -1.06. The van der Waals surface area contributed by atoms with Crippen LogP contribution in [0.1, 0.15) is 37.7 Å². The normalized spacial score (nSPS) is 18.2. The predicted molar refractivity (Wildman–Crippen MR) is 77.2 cm³/mol. The molecule has 0 saturated heterocycles. The molecule has 0 heterocycles. The molecule has 0 aromatic heterocycles. The first kappa shape index (κ1) is 14.4. The van der Waals surface area contributed by atoms with Crippen molar-refractivity contribution >= 4 is 0 Å². The third kappa shape index (κ3) is 4.51. The molecule has 0 amide bonds. The van der Waals surface area contributed by atoms with E-state index in [1.807, 2.05) is 24.3 Å². The largest absolute Gasteiger partial charge is 0.492 e. The second-order valence-corrected chi connectivity index (χ2v) is 5.45. The quantitative estimate of drug-likeness (QED) is 0.857. The van der Waals surface area contributed by atoms with Gasteiger partial charge in [-0.2, -0.15) is 0 Å². The van der Waals surface area contributed by atoms with Gasteiger partial charge in [0.25, 0.3) is 0 Å². The van der Waals surface area contributed by atoms with Gasteiger partial charge in [0.15, 0.2) is 0 Å². The summed E-state index contributed by atoms with van der Waals surface area (Å²) in [5.74, 6) is 1.52. The summed E-state index contributed by atoms with van der Waals surface area (Å²) in [5, 5.41) is 0. The lowest BCUT2D eigenvalue weighted by Gasteiger charge is -2.27. The molecule has 0 radical (unpaired) electrons. The van der Waals surface area contributed by atoms with Crippen LogP contribution < -0.4 is 10.5 Å². The Morgan fingerprint density at radius 2 is 2.05 bits per heavy atom. The van der Waals surface area contributed by atoms with E-state index in [2.05, 4.69) is 0 Å². The van der Waals surface area contributed by atoms with E-state index < -0.39 is 0 Å². The lowest BCUT2D eigenvalue weighted by Crippen LogP contribution is -2.37. The molecule has 1 aromatic carbocycles. The van der Waals surface area contributed by atoms with E-state index >= 15 is 0 Å². The van der Waals surface area contributed by atoms with Gasteiger partial charge in [0.1, 0.15) is 12.4 Å².